The van der Waals surface area contributed by atoms with E-state index in [1.165, 1.54) is 5.56 Å². The number of fused-ring (bicyclic) bond motifs is 1. The van der Waals surface area contributed by atoms with Crippen molar-refractivity contribution < 1.29 is 4.74 Å². The summed E-state index contributed by atoms with van der Waals surface area (Å²) < 4.78 is 7.77. The van der Waals surface area contributed by atoms with Gasteiger partial charge in [0.1, 0.15) is 24.0 Å². The number of nitrogens with one attached hydrogen (secondary N) is 1. The van der Waals surface area contributed by atoms with Gasteiger partial charge in [0.2, 0.25) is 0 Å². The zero-order chi connectivity index (χ0) is 12.4. The normalized spacial score (nSPS) is 17.5. The van der Waals surface area contributed by atoms with Crippen LogP contribution in [0.1, 0.15) is 11.4 Å². The Balaban J connectivity index is 1.50. The molecule has 0 fully saturated rings. The molecule has 94 valence electrons. The van der Waals surface area contributed by atoms with Crippen molar-refractivity contribution in [3.05, 3.63) is 42.0 Å². The van der Waals surface area contributed by atoms with Crippen LogP contribution < -0.4 is 10.1 Å². The molecule has 1 aliphatic heterocycles. The first-order chi connectivity index (χ1) is 8.83. The van der Waals surface area contributed by atoms with Crippen LogP contribution in [-0.4, -0.2) is 27.4 Å². The van der Waals surface area contributed by atoms with Crippen LogP contribution in [-0.2, 0) is 20.0 Å². The SMILES string of the molecule is Cn1cnnc1CNCC1Cc2ccccc2O1. The maximum Gasteiger partial charge on any atom is 0.146 e. The highest BCUT2D eigenvalue weighted by Crippen LogP contribution is 2.27. The quantitative estimate of drug-likeness (QED) is 0.868. The van der Waals surface area contributed by atoms with Crippen molar-refractivity contribution in [3.8, 4) is 5.75 Å². The maximum atomic E-state index is 5.85. The van der Waals surface area contributed by atoms with Gasteiger partial charge in [-0.2, -0.15) is 0 Å². The molecule has 1 N–H and O–H groups in total. The van der Waals surface area contributed by atoms with E-state index in [1.54, 1.807) is 6.33 Å². The minimum absolute atomic E-state index is 0.218. The Morgan fingerprint density at radius 3 is 3.11 bits per heavy atom. The highest BCUT2D eigenvalue weighted by atomic mass is 16.5. The van der Waals surface area contributed by atoms with Crippen molar-refractivity contribution in [1.29, 1.82) is 0 Å². The summed E-state index contributed by atoms with van der Waals surface area (Å²) in [5.41, 5.74) is 1.29. The molecule has 0 saturated heterocycles. The zero-order valence-corrected chi connectivity index (χ0v) is 10.3. The third-order valence-corrected chi connectivity index (χ3v) is 3.17. The molecule has 0 aliphatic carbocycles. The minimum atomic E-state index is 0.218. The largest absolute Gasteiger partial charge is 0.488 e. The lowest BCUT2D eigenvalue weighted by Gasteiger charge is -2.11. The molecule has 2 heterocycles. The van der Waals surface area contributed by atoms with Gasteiger partial charge in [0.25, 0.3) is 0 Å². The smallest absolute Gasteiger partial charge is 0.146 e. The second-order valence-corrected chi connectivity index (χ2v) is 4.54. The summed E-state index contributed by atoms with van der Waals surface area (Å²) in [6, 6.07) is 8.21. The van der Waals surface area contributed by atoms with Crippen LogP contribution in [0.4, 0.5) is 0 Å². The molecule has 0 radical (unpaired) electrons. The molecular formula is C13H16N4O. The van der Waals surface area contributed by atoms with Crippen LogP contribution >= 0.6 is 0 Å². The minimum Gasteiger partial charge on any atom is -0.488 e. The van der Waals surface area contributed by atoms with E-state index in [1.807, 2.05) is 23.7 Å². The zero-order valence-electron chi connectivity index (χ0n) is 10.3. The first-order valence-corrected chi connectivity index (χ1v) is 6.11. The van der Waals surface area contributed by atoms with Crippen molar-refractivity contribution in [2.75, 3.05) is 6.54 Å². The summed E-state index contributed by atoms with van der Waals surface area (Å²) in [6.45, 7) is 1.54. The van der Waals surface area contributed by atoms with E-state index in [4.69, 9.17) is 4.74 Å². The molecule has 0 saturated carbocycles. The fourth-order valence-electron chi connectivity index (χ4n) is 2.18. The van der Waals surface area contributed by atoms with Gasteiger partial charge in [-0.25, -0.2) is 0 Å². The number of benzene rings is 1. The number of ether oxygens (including phenoxy) is 1. The van der Waals surface area contributed by atoms with E-state index in [-0.39, 0.29) is 6.10 Å². The summed E-state index contributed by atoms with van der Waals surface area (Å²) in [5.74, 6) is 1.95. The Hall–Kier alpha value is -1.88. The van der Waals surface area contributed by atoms with Crippen LogP contribution in [0, 0.1) is 0 Å². The Morgan fingerprint density at radius 2 is 2.33 bits per heavy atom. The molecule has 0 bridgehead atoms. The molecular weight excluding hydrogens is 228 g/mol. The van der Waals surface area contributed by atoms with Gasteiger partial charge in [0, 0.05) is 20.0 Å². The van der Waals surface area contributed by atoms with Gasteiger partial charge in [0.05, 0.1) is 6.54 Å². The molecule has 18 heavy (non-hydrogen) atoms. The fourth-order valence-corrected chi connectivity index (χ4v) is 2.18. The molecule has 1 aromatic heterocycles. The number of hydrogen-bond acceptors (Lipinski definition) is 4. The molecule has 3 rings (SSSR count). The van der Waals surface area contributed by atoms with Crippen molar-refractivity contribution in [1.82, 2.24) is 20.1 Å². The lowest BCUT2D eigenvalue weighted by atomic mass is 10.1. The second-order valence-electron chi connectivity index (χ2n) is 4.54. The van der Waals surface area contributed by atoms with Crippen LogP contribution in [0.3, 0.4) is 0 Å². The Kier molecular flexibility index (Phi) is 2.98. The van der Waals surface area contributed by atoms with Crippen molar-refractivity contribution in [2.24, 2.45) is 7.05 Å². The molecule has 1 unspecified atom stereocenters. The number of nitrogens with zero attached hydrogens (tertiary/aromatic N) is 3. The summed E-state index contributed by atoms with van der Waals surface area (Å²) in [6.07, 6.45) is 2.90. The van der Waals surface area contributed by atoms with Gasteiger partial charge in [-0.1, -0.05) is 18.2 Å². The third-order valence-electron chi connectivity index (χ3n) is 3.17. The van der Waals surface area contributed by atoms with Gasteiger partial charge in [-0.3, -0.25) is 0 Å². The lowest BCUT2D eigenvalue weighted by Crippen LogP contribution is -2.30. The Bertz CT molecular complexity index is 512. The number of para-hydroxylation sites is 1. The Morgan fingerprint density at radius 1 is 1.44 bits per heavy atom. The number of aryl methyl sites for hydroxylation is 1. The van der Waals surface area contributed by atoms with Crippen LogP contribution in [0.5, 0.6) is 5.75 Å². The van der Waals surface area contributed by atoms with Crippen molar-refractivity contribution in [2.45, 2.75) is 19.1 Å². The van der Waals surface area contributed by atoms with Gasteiger partial charge < -0.3 is 14.6 Å². The van der Waals surface area contributed by atoms with Crippen molar-refractivity contribution in [3.63, 3.8) is 0 Å². The number of hydrogen-bond donors (Lipinski definition) is 1. The standard InChI is InChI=1S/C13H16N4O/c1-17-9-15-16-13(17)8-14-7-11-6-10-4-2-3-5-12(10)18-11/h2-5,9,11,14H,6-8H2,1H3. The summed E-state index contributed by atoms with van der Waals surface area (Å²) in [4.78, 5) is 0. The van der Waals surface area contributed by atoms with E-state index in [0.717, 1.165) is 24.5 Å². The fraction of sp³-hybridized carbons (Fsp3) is 0.385. The van der Waals surface area contributed by atoms with E-state index in [2.05, 4.69) is 27.6 Å². The first kappa shape index (κ1) is 11.2. The highest BCUT2D eigenvalue weighted by Gasteiger charge is 2.21. The van der Waals surface area contributed by atoms with E-state index < -0.39 is 0 Å². The Labute approximate surface area is 106 Å². The second kappa shape index (κ2) is 4.78. The summed E-state index contributed by atoms with van der Waals surface area (Å²) in [5, 5.41) is 11.2. The first-order valence-electron chi connectivity index (χ1n) is 6.11. The molecule has 0 spiro atoms. The highest BCUT2D eigenvalue weighted by molar-refractivity contribution is 5.37. The average molecular weight is 244 g/mol. The van der Waals surface area contributed by atoms with Gasteiger partial charge in [-0.15, -0.1) is 10.2 Å². The van der Waals surface area contributed by atoms with Gasteiger partial charge in [-0.05, 0) is 11.6 Å². The summed E-state index contributed by atoms with van der Waals surface area (Å²) in [7, 11) is 1.94. The van der Waals surface area contributed by atoms with E-state index >= 15 is 0 Å². The van der Waals surface area contributed by atoms with Gasteiger partial charge in [0.15, 0.2) is 0 Å². The molecule has 5 heteroatoms. The summed E-state index contributed by atoms with van der Waals surface area (Å²) >= 11 is 0. The van der Waals surface area contributed by atoms with Gasteiger partial charge >= 0.3 is 0 Å². The lowest BCUT2D eigenvalue weighted by molar-refractivity contribution is 0.226. The predicted molar refractivity (Wildman–Crippen MR) is 67.3 cm³/mol. The molecule has 1 aliphatic rings. The monoisotopic (exact) mass is 244 g/mol. The van der Waals surface area contributed by atoms with Crippen molar-refractivity contribution >= 4 is 0 Å². The number of aromatic nitrogens is 3. The van der Waals surface area contributed by atoms with E-state index in [0.29, 0.717) is 6.54 Å². The molecule has 2 aromatic rings. The molecule has 1 atom stereocenters. The average Bonchev–Trinajstić information content (AvgIpc) is 2.96. The third kappa shape index (κ3) is 2.22. The molecule has 1 aromatic carbocycles. The number of rotatable bonds is 4. The molecule has 5 nitrogen and oxygen atoms in total. The van der Waals surface area contributed by atoms with E-state index in [9.17, 15) is 0 Å². The van der Waals surface area contributed by atoms with Crippen LogP contribution in [0.2, 0.25) is 0 Å². The van der Waals surface area contributed by atoms with Crippen LogP contribution in [0.25, 0.3) is 0 Å². The predicted octanol–water partition coefficient (Wildman–Crippen LogP) is 0.908. The molecule has 0 amide bonds. The van der Waals surface area contributed by atoms with Crippen LogP contribution in [0.15, 0.2) is 30.6 Å². The topological polar surface area (TPSA) is 52.0 Å². The maximum absolute atomic E-state index is 5.85.